The Labute approximate surface area is 575 Å². The zero-order valence-electron chi connectivity index (χ0n) is 57.6. The van der Waals surface area contributed by atoms with Gasteiger partial charge in [0.05, 0.1) is 44.2 Å². The van der Waals surface area contributed by atoms with Gasteiger partial charge in [-0.3, -0.25) is 42.8 Å². The maximum absolute atomic E-state index is 15.4. The van der Waals surface area contributed by atoms with E-state index in [1.54, 1.807) is 37.3 Å². The largest absolute Gasteiger partial charge is 0.493 e. The summed E-state index contributed by atoms with van der Waals surface area (Å²) < 4.78 is 56.9. The normalized spacial score (nSPS) is 17.4. The summed E-state index contributed by atoms with van der Waals surface area (Å²) in [6.45, 7) is 9.37. The molecule has 2 N–H and O–H groups in total. The fourth-order valence-electron chi connectivity index (χ4n) is 13.0. The number of morpholine rings is 2. The molecule has 2 aliphatic rings. The predicted molar refractivity (Wildman–Crippen MR) is 380 cm³/mol. The highest BCUT2D eigenvalue weighted by Gasteiger charge is 2.47. The number of aryl methyl sites for hydroxylation is 2. The van der Waals surface area contributed by atoms with Gasteiger partial charge >= 0.3 is 23.3 Å². The number of carbonyl (C=O) groups excluding carboxylic acids is 3. The fourth-order valence-corrected chi connectivity index (χ4v) is 14.5. The van der Waals surface area contributed by atoms with E-state index in [1.165, 1.54) is 129 Å². The second-order valence-electron chi connectivity index (χ2n) is 25.9. The topological polar surface area (TPSA) is 232 Å². The van der Waals surface area contributed by atoms with Crippen LogP contribution in [0.1, 0.15) is 184 Å². The minimum absolute atomic E-state index is 0.0123. The van der Waals surface area contributed by atoms with Crippen LogP contribution in [-0.2, 0) is 49.8 Å². The number of rotatable bonds is 37. The lowest BCUT2D eigenvalue weighted by molar-refractivity contribution is -0.162. The monoisotopic (exact) mass is 1360 g/mol. The first-order valence-electron chi connectivity index (χ1n) is 35.0. The number of nitrogens with one attached hydrogen (secondary N) is 2. The first-order valence-corrected chi connectivity index (χ1v) is 37.1. The Morgan fingerprint density at radius 3 is 1.69 bits per heavy atom. The van der Waals surface area contributed by atoms with Crippen LogP contribution < -0.4 is 27.0 Å². The Morgan fingerprint density at radius 2 is 1.13 bits per heavy atom. The number of hydrogen-bond donors (Lipinski definition) is 2. The van der Waals surface area contributed by atoms with Gasteiger partial charge in [-0.15, -0.1) is 0 Å². The Bertz CT molecular complexity index is 3810. The van der Waals surface area contributed by atoms with Gasteiger partial charge in [-0.2, -0.15) is 4.98 Å². The molecule has 98 heavy (non-hydrogen) atoms. The van der Waals surface area contributed by atoms with Crippen LogP contribution in [0.15, 0.2) is 166 Å². The van der Waals surface area contributed by atoms with Crippen molar-refractivity contribution in [3.8, 4) is 5.75 Å². The molecule has 0 radical (unpaired) electrons. The number of carbonyl (C=O) groups is 3. The number of aromatic amines is 1. The van der Waals surface area contributed by atoms with Crippen molar-refractivity contribution in [3.63, 3.8) is 0 Å². The van der Waals surface area contributed by atoms with Crippen LogP contribution in [0.3, 0.4) is 0 Å². The molecule has 2 aliphatic heterocycles. The van der Waals surface area contributed by atoms with Crippen LogP contribution in [0.4, 0.5) is 5.82 Å². The quantitative estimate of drug-likeness (QED) is 0.0159. The number of benzene rings is 5. The number of hydrogen-bond acceptors (Lipinski definition) is 15. The Hall–Kier alpha value is -8.10. The van der Waals surface area contributed by atoms with Crippen LogP contribution in [0.2, 0.25) is 0 Å². The summed E-state index contributed by atoms with van der Waals surface area (Å²) in [5, 5.41) is 2.66. The van der Waals surface area contributed by atoms with Gasteiger partial charge < -0.3 is 33.5 Å². The van der Waals surface area contributed by atoms with E-state index in [-0.39, 0.29) is 64.7 Å². The van der Waals surface area contributed by atoms with E-state index in [0.717, 1.165) is 52.0 Å². The SMILES string of the molecule is CCCCCCCCCCCCCCCCCCOc1cc(COC(=O)CCC(=O)OCC2CN(P(C)(=O)OCC3CN(C(c4ccccc4)(c4ccccc4)c4ccccc4)CC(n4cc(C)c(=O)[nH]c4=O)O3)CC(n3ccc(NC(=O)c4ccccc4)nc3=O)O2)cc(C)c1C. The number of H-pyrrole nitrogens is 1. The van der Waals surface area contributed by atoms with Crippen LogP contribution in [0.25, 0.3) is 0 Å². The highest BCUT2D eigenvalue weighted by molar-refractivity contribution is 7.55. The first kappa shape index (κ1) is 74.1. The number of ether oxygens (including phenoxy) is 5. The molecule has 2 fully saturated rings. The molecule has 2 saturated heterocycles. The fraction of sp³-hybridized carbons (Fsp3) is 0.468. The molecule has 21 heteroatoms. The molecule has 5 aromatic carbocycles. The molecule has 0 bridgehead atoms. The van der Waals surface area contributed by atoms with Gasteiger partial charge in [0, 0.05) is 49.8 Å². The number of anilines is 1. The first-order chi connectivity index (χ1) is 47.5. The molecular formula is C77H98N7O13P. The van der Waals surface area contributed by atoms with Gasteiger partial charge in [0.25, 0.3) is 19.0 Å². The summed E-state index contributed by atoms with van der Waals surface area (Å²) >= 11 is 0. The zero-order chi connectivity index (χ0) is 69.3. The number of nitrogens with zero attached hydrogens (tertiary/aromatic N) is 5. The van der Waals surface area contributed by atoms with Crippen LogP contribution in [0.5, 0.6) is 5.75 Å². The average molecular weight is 1360 g/mol. The van der Waals surface area contributed by atoms with Crippen LogP contribution in [0, 0.1) is 20.8 Å². The minimum atomic E-state index is -3.96. The summed E-state index contributed by atoms with van der Waals surface area (Å²) in [6, 6.07) is 43.8. The van der Waals surface area contributed by atoms with E-state index in [2.05, 4.69) is 63.5 Å². The molecule has 20 nitrogen and oxygen atoms in total. The summed E-state index contributed by atoms with van der Waals surface area (Å²) in [4.78, 5) is 89.0. The van der Waals surface area contributed by atoms with Gasteiger partial charge in [0.2, 0.25) is 0 Å². The zero-order valence-corrected chi connectivity index (χ0v) is 58.5. The van der Waals surface area contributed by atoms with Crippen molar-refractivity contribution in [2.75, 3.05) is 58.0 Å². The molecule has 0 spiro atoms. The standard InChI is InChI=1S/C77H98N7O13P/c1-6-7-8-9-10-11-12-13-14-15-16-17-18-19-20-33-46-92-67-48-60(47-57(2)59(67)4)54-93-71(85)42-43-72(86)94-55-66-51-82(53-70(97-66)83-45-44-68(79-75(83)89)78-74(88)61-34-25-21-26-35-61)98(5,91)95-56-65-50-81(52-69(96-65)84-49-58(3)73(87)80-76(84)90)77(62-36-27-22-28-37-62,63-38-29-23-30-39-63)64-40-31-24-32-41-64/h21-32,34-41,44-45,47-49,65-66,69-70H,6-20,33,42-43,46,50-56H2,1-5H3,(H,80,87,90)(H,78,79,88,89). The molecule has 1 amide bonds. The predicted octanol–water partition coefficient (Wildman–Crippen LogP) is 13.9. The van der Waals surface area contributed by atoms with E-state index in [1.807, 2.05) is 80.6 Å². The van der Waals surface area contributed by atoms with E-state index in [0.29, 0.717) is 17.7 Å². The Balaban J connectivity index is 0.835. The minimum Gasteiger partial charge on any atom is -0.493 e. The summed E-state index contributed by atoms with van der Waals surface area (Å²) in [5.74, 6) is -1.05. The Kier molecular flexibility index (Phi) is 28.1. The third-order valence-electron chi connectivity index (χ3n) is 18.5. The summed E-state index contributed by atoms with van der Waals surface area (Å²) in [5.41, 5.74) is 3.23. The molecule has 2 aromatic heterocycles. The second-order valence-corrected chi connectivity index (χ2v) is 28.4. The number of amides is 1. The second kappa shape index (κ2) is 37.2. The molecule has 5 unspecified atom stereocenters. The third-order valence-corrected chi connectivity index (χ3v) is 20.5. The van der Waals surface area contributed by atoms with Crippen molar-refractivity contribution >= 4 is 31.2 Å². The van der Waals surface area contributed by atoms with Crippen molar-refractivity contribution in [3.05, 3.63) is 228 Å². The maximum Gasteiger partial charge on any atom is 0.351 e. The lowest BCUT2D eigenvalue weighted by Crippen LogP contribution is -2.58. The van der Waals surface area contributed by atoms with Crippen molar-refractivity contribution in [1.82, 2.24) is 28.7 Å². The maximum atomic E-state index is 15.4. The van der Waals surface area contributed by atoms with E-state index in [9.17, 15) is 28.8 Å². The van der Waals surface area contributed by atoms with E-state index in [4.69, 9.17) is 28.2 Å². The molecule has 9 rings (SSSR count). The number of unbranched alkanes of at least 4 members (excludes halogenated alkanes) is 15. The summed E-state index contributed by atoms with van der Waals surface area (Å²) in [6.07, 6.45) is 19.1. The van der Waals surface area contributed by atoms with E-state index >= 15 is 4.57 Å². The molecular weight excluding hydrogens is 1260 g/mol. The average Bonchev–Trinajstić information content (AvgIpc) is 0.731. The molecule has 4 heterocycles. The van der Waals surface area contributed by atoms with Gasteiger partial charge in [-0.05, 0) is 84.8 Å². The van der Waals surface area contributed by atoms with Gasteiger partial charge in [-0.1, -0.05) is 218 Å². The summed E-state index contributed by atoms with van der Waals surface area (Å²) in [7, 11) is -3.96. The third kappa shape index (κ3) is 20.7. The number of aromatic nitrogens is 4. The van der Waals surface area contributed by atoms with E-state index < -0.39 is 72.5 Å². The lowest BCUT2D eigenvalue weighted by Gasteiger charge is -2.50. The number of esters is 2. The molecule has 5 atom stereocenters. The highest BCUT2D eigenvalue weighted by atomic mass is 31.2. The molecule has 7 aromatic rings. The van der Waals surface area contributed by atoms with Gasteiger partial charge in [-0.25, -0.2) is 14.3 Å². The van der Waals surface area contributed by atoms with Gasteiger partial charge in [0.1, 0.15) is 30.9 Å². The Morgan fingerprint density at radius 1 is 0.612 bits per heavy atom. The molecule has 0 saturated carbocycles. The van der Waals surface area contributed by atoms with Crippen molar-refractivity contribution in [1.29, 1.82) is 0 Å². The molecule has 524 valence electrons. The van der Waals surface area contributed by atoms with Crippen LogP contribution in [-0.4, -0.2) is 111 Å². The molecule has 0 aliphatic carbocycles. The van der Waals surface area contributed by atoms with Crippen LogP contribution >= 0.6 is 7.52 Å². The lowest BCUT2D eigenvalue weighted by atomic mass is 9.75. The highest BCUT2D eigenvalue weighted by Crippen LogP contribution is 2.50. The van der Waals surface area contributed by atoms with Crippen molar-refractivity contribution in [2.24, 2.45) is 0 Å². The van der Waals surface area contributed by atoms with Crippen molar-refractivity contribution < 1.29 is 47.2 Å². The van der Waals surface area contributed by atoms with Gasteiger partial charge in [0.15, 0.2) is 12.5 Å². The van der Waals surface area contributed by atoms with Crippen molar-refractivity contribution in [2.45, 2.75) is 180 Å². The smallest absolute Gasteiger partial charge is 0.351 e.